The lowest BCUT2D eigenvalue weighted by molar-refractivity contribution is -0.119. The normalized spacial score (nSPS) is 16.6. The molecule has 0 spiro atoms. The first-order valence-corrected chi connectivity index (χ1v) is 9.23. The molecular weight excluding hydrogens is 365 g/mol. The highest BCUT2D eigenvalue weighted by Crippen LogP contribution is 2.45. The molecule has 0 saturated carbocycles. The third kappa shape index (κ3) is 2.80. The van der Waals surface area contributed by atoms with E-state index < -0.39 is 0 Å². The molecule has 0 aliphatic carbocycles. The van der Waals surface area contributed by atoms with Crippen LogP contribution in [0.3, 0.4) is 0 Å². The molecule has 4 rings (SSSR count). The first-order chi connectivity index (χ1) is 12.6. The van der Waals surface area contributed by atoms with Gasteiger partial charge < -0.3 is 4.90 Å². The number of carbonyl (C=O) groups is 1. The van der Waals surface area contributed by atoms with E-state index >= 15 is 0 Å². The fourth-order valence-corrected chi connectivity index (χ4v) is 4.33. The number of benzene rings is 3. The summed E-state index contributed by atoms with van der Waals surface area (Å²) in [6.45, 7) is 4.29. The fraction of sp³-hybridized carbons (Fsp3) is 0.136. The zero-order chi connectivity index (χ0) is 18.3. The minimum Gasteiger partial charge on any atom is -0.308 e. The minimum atomic E-state index is -0.102. The maximum atomic E-state index is 12.9. The smallest absolute Gasteiger partial charge is 0.228 e. The highest BCUT2D eigenvalue weighted by atomic mass is 35.5. The van der Waals surface area contributed by atoms with Crippen LogP contribution in [0.25, 0.3) is 10.8 Å². The van der Waals surface area contributed by atoms with Crippen LogP contribution in [0.4, 0.5) is 5.69 Å². The van der Waals surface area contributed by atoms with Crippen molar-refractivity contribution in [2.45, 2.75) is 12.3 Å². The maximum Gasteiger partial charge on any atom is 0.228 e. The molecule has 1 aliphatic heterocycles. The summed E-state index contributed by atoms with van der Waals surface area (Å²) in [5.41, 5.74) is 2.99. The van der Waals surface area contributed by atoms with Gasteiger partial charge in [0.25, 0.3) is 0 Å². The van der Waals surface area contributed by atoms with Gasteiger partial charge in [0, 0.05) is 34.6 Å². The largest absolute Gasteiger partial charge is 0.308 e. The highest BCUT2D eigenvalue weighted by Gasteiger charge is 2.34. The van der Waals surface area contributed by atoms with E-state index in [0.29, 0.717) is 23.0 Å². The van der Waals surface area contributed by atoms with Crippen molar-refractivity contribution in [1.82, 2.24) is 0 Å². The van der Waals surface area contributed by atoms with Gasteiger partial charge in [-0.2, -0.15) is 0 Å². The molecule has 1 unspecified atom stereocenters. The molecule has 0 bridgehead atoms. The Kier molecular flexibility index (Phi) is 4.47. The quantitative estimate of drug-likeness (QED) is 0.494. The van der Waals surface area contributed by atoms with E-state index in [1.165, 1.54) is 0 Å². The Morgan fingerprint density at radius 2 is 1.92 bits per heavy atom. The number of anilines is 1. The summed E-state index contributed by atoms with van der Waals surface area (Å²) in [5.74, 6) is -0.0295. The second-order valence-corrected chi connectivity index (χ2v) is 7.28. The SMILES string of the molecule is C=CCN1C(=O)CC(c2ccc(Cl)cc2Cl)c2c1ccc1ccccc21. The molecule has 26 heavy (non-hydrogen) atoms. The molecule has 1 atom stereocenters. The van der Waals surface area contributed by atoms with Crippen LogP contribution in [-0.4, -0.2) is 12.5 Å². The van der Waals surface area contributed by atoms with Gasteiger partial charge in [-0.25, -0.2) is 0 Å². The van der Waals surface area contributed by atoms with E-state index in [1.54, 1.807) is 17.0 Å². The van der Waals surface area contributed by atoms with E-state index in [9.17, 15) is 4.79 Å². The Morgan fingerprint density at radius 3 is 2.69 bits per heavy atom. The second kappa shape index (κ2) is 6.79. The first-order valence-electron chi connectivity index (χ1n) is 8.48. The maximum absolute atomic E-state index is 12.9. The second-order valence-electron chi connectivity index (χ2n) is 6.44. The van der Waals surface area contributed by atoms with Crippen LogP contribution in [-0.2, 0) is 4.79 Å². The van der Waals surface area contributed by atoms with Crippen molar-refractivity contribution in [2.75, 3.05) is 11.4 Å². The molecule has 1 aliphatic rings. The summed E-state index contributed by atoms with van der Waals surface area (Å²) in [6, 6.07) is 17.8. The van der Waals surface area contributed by atoms with Gasteiger partial charge in [-0.1, -0.05) is 65.7 Å². The Hall–Kier alpha value is -2.29. The number of hydrogen-bond donors (Lipinski definition) is 0. The molecular formula is C22H17Cl2NO. The van der Waals surface area contributed by atoms with Gasteiger partial charge >= 0.3 is 0 Å². The van der Waals surface area contributed by atoms with Gasteiger partial charge in [0.1, 0.15) is 0 Å². The minimum absolute atomic E-state index is 0.0729. The number of halogens is 2. The molecule has 1 heterocycles. The van der Waals surface area contributed by atoms with Gasteiger partial charge in [0.15, 0.2) is 0 Å². The van der Waals surface area contributed by atoms with E-state index in [0.717, 1.165) is 27.6 Å². The van der Waals surface area contributed by atoms with Crippen LogP contribution < -0.4 is 4.90 Å². The molecule has 1 amide bonds. The lowest BCUT2D eigenvalue weighted by Crippen LogP contribution is -2.37. The Labute approximate surface area is 162 Å². The zero-order valence-electron chi connectivity index (χ0n) is 14.1. The molecule has 0 aromatic heterocycles. The van der Waals surface area contributed by atoms with Crippen LogP contribution in [0, 0.1) is 0 Å². The van der Waals surface area contributed by atoms with Crippen LogP contribution in [0.2, 0.25) is 10.0 Å². The van der Waals surface area contributed by atoms with Gasteiger partial charge in [-0.05, 0) is 40.1 Å². The monoisotopic (exact) mass is 381 g/mol. The highest BCUT2D eigenvalue weighted by molar-refractivity contribution is 6.35. The topological polar surface area (TPSA) is 20.3 Å². The number of carbonyl (C=O) groups excluding carboxylic acids is 1. The molecule has 3 aromatic carbocycles. The Balaban J connectivity index is 2.00. The first kappa shape index (κ1) is 17.1. The average Bonchev–Trinajstić information content (AvgIpc) is 2.63. The zero-order valence-corrected chi connectivity index (χ0v) is 15.6. The van der Waals surface area contributed by atoms with Crippen molar-refractivity contribution < 1.29 is 4.79 Å². The number of nitrogens with zero attached hydrogens (tertiary/aromatic N) is 1. The van der Waals surface area contributed by atoms with E-state index in [2.05, 4.69) is 24.8 Å². The van der Waals surface area contributed by atoms with E-state index in [-0.39, 0.29) is 11.8 Å². The Bertz CT molecular complexity index is 1030. The molecule has 2 nitrogen and oxygen atoms in total. The summed E-state index contributed by atoms with van der Waals surface area (Å²) in [6.07, 6.45) is 2.13. The van der Waals surface area contributed by atoms with E-state index in [4.69, 9.17) is 23.2 Å². The molecule has 0 N–H and O–H groups in total. The van der Waals surface area contributed by atoms with Gasteiger partial charge in [-0.3, -0.25) is 4.79 Å². The van der Waals surface area contributed by atoms with Crippen LogP contribution >= 0.6 is 23.2 Å². The summed E-state index contributed by atoms with van der Waals surface area (Å²) < 4.78 is 0. The molecule has 3 aromatic rings. The summed E-state index contributed by atoms with van der Waals surface area (Å²) in [7, 11) is 0. The predicted octanol–water partition coefficient (Wildman–Crippen LogP) is 6.20. The van der Waals surface area contributed by atoms with Gasteiger partial charge in [0.2, 0.25) is 5.91 Å². The third-order valence-electron chi connectivity index (χ3n) is 4.92. The number of rotatable bonds is 3. The average molecular weight is 382 g/mol. The molecule has 0 saturated heterocycles. The van der Waals surface area contributed by atoms with Crippen LogP contribution in [0.5, 0.6) is 0 Å². The van der Waals surface area contributed by atoms with Crippen molar-refractivity contribution in [3.05, 3.63) is 88.4 Å². The molecule has 130 valence electrons. The summed E-state index contributed by atoms with van der Waals surface area (Å²) in [4.78, 5) is 14.7. The van der Waals surface area contributed by atoms with Crippen molar-refractivity contribution in [2.24, 2.45) is 0 Å². The van der Waals surface area contributed by atoms with Gasteiger partial charge in [0.05, 0.1) is 0 Å². The molecule has 0 fully saturated rings. The number of hydrogen-bond acceptors (Lipinski definition) is 1. The molecule has 4 heteroatoms. The van der Waals surface area contributed by atoms with Gasteiger partial charge in [-0.15, -0.1) is 6.58 Å². The predicted molar refractivity (Wildman–Crippen MR) is 109 cm³/mol. The van der Waals surface area contributed by atoms with Crippen molar-refractivity contribution >= 4 is 45.6 Å². The van der Waals surface area contributed by atoms with Crippen molar-refractivity contribution in [3.63, 3.8) is 0 Å². The lowest BCUT2D eigenvalue weighted by atomic mass is 9.81. The fourth-order valence-electron chi connectivity index (χ4n) is 3.79. The molecule has 0 radical (unpaired) electrons. The summed E-state index contributed by atoms with van der Waals surface area (Å²) in [5, 5.41) is 3.47. The lowest BCUT2D eigenvalue weighted by Gasteiger charge is -2.35. The van der Waals surface area contributed by atoms with E-state index in [1.807, 2.05) is 30.3 Å². The van der Waals surface area contributed by atoms with Crippen molar-refractivity contribution in [3.8, 4) is 0 Å². The van der Waals surface area contributed by atoms with Crippen molar-refractivity contribution in [1.29, 1.82) is 0 Å². The third-order valence-corrected chi connectivity index (χ3v) is 5.48. The standard InChI is InChI=1S/C22H17Cl2NO/c1-2-11-25-20-10-7-14-5-3-4-6-16(14)22(20)18(13-21(25)26)17-9-8-15(23)12-19(17)24/h2-10,12,18H,1,11,13H2. The Morgan fingerprint density at radius 1 is 1.12 bits per heavy atom. The van der Waals surface area contributed by atoms with Crippen LogP contribution in [0.15, 0.2) is 67.3 Å². The summed E-state index contributed by atoms with van der Waals surface area (Å²) >= 11 is 12.6. The number of amides is 1. The number of fused-ring (bicyclic) bond motifs is 3. The van der Waals surface area contributed by atoms with Crippen LogP contribution in [0.1, 0.15) is 23.5 Å².